The minimum Gasteiger partial charge on any atom is -0.741 e. The van der Waals surface area contributed by atoms with E-state index < -0.39 is 66.3 Å². The maximum absolute atomic E-state index is 12.1. The molecule has 1 aliphatic rings. The number of para-hydroxylation sites is 1. The molecule has 17 heteroatoms. The Hall–Kier alpha value is -4.64. The van der Waals surface area contributed by atoms with Gasteiger partial charge in [0.1, 0.15) is 12.7 Å². The molecule has 0 bridgehead atoms. The molecule has 0 saturated carbocycles. The number of esters is 4. The lowest BCUT2D eigenvalue weighted by molar-refractivity contribution is -0.671. The number of aldehydes is 1. The van der Waals surface area contributed by atoms with E-state index in [1.807, 2.05) is 0 Å². The molecular formula is C24H27N5O11S. The highest BCUT2D eigenvalue weighted by Crippen LogP contribution is 2.31. The standard InChI is InChI=1S/C24H27N5O11S/c1-12(31)35-11-18-19(36-13(2)32)20(37-14(3)33)21(38-15(4)34)23(39-18)29(24(25)41)26-22-17(10-30)28(27-40-22)16-8-6-5-7-9-16/h5-10,18-21,23H,11H2,1-4H3,(H2-,25,26,27,30,41)/t18-,19+,20+,21-,23-/m1/s1. The van der Waals surface area contributed by atoms with Crippen LogP contribution in [-0.4, -0.2) is 82.9 Å². The third kappa shape index (κ3) is 7.73. The van der Waals surface area contributed by atoms with E-state index >= 15 is 0 Å². The van der Waals surface area contributed by atoms with Crippen LogP contribution < -0.4 is 10.1 Å². The van der Waals surface area contributed by atoms with Gasteiger partial charge in [0, 0.05) is 39.8 Å². The SMILES string of the molecule is CC(=O)OC[C@H]1O[C@@H](N(Nc2on[n+](-c3ccccc3)c2C=O)C(=N)[S-])[C@H](OC(C)=O)[C@@H](OC(C)=O)[C@H]1OC(C)=O. The number of benzene rings is 1. The summed E-state index contributed by atoms with van der Waals surface area (Å²) in [7, 11) is 0. The lowest BCUT2D eigenvalue weighted by atomic mass is 9.97. The Kier molecular flexibility index (Phi) is 10.3. The lowest BCUT2D eigenvalue weighted by Gasteiger charge is -2.48. The highest BCUT2D eigenvalue weighted by atomic mass is 32.1. The Labute approximate surface area is 238 Å². The average molecular weight is 594 g/mol. The fraction of sp³-hybridized carbons (Fsp3) is 0.417. The van der Waals surface area contributed by atoms with Gasteiger partial charge in [0.25, 0.3) is 0 Å². The van der Waals surface area contributed by atoms with Crippen molar-refractivity contribution in [1.29, 1.82) is 5.41 Å². The molecule has 220 valence electrons. The van der Waals surface area contributed by atoms with Crippen molar-refractivity contribution >= 4 is 53.8 Å². The van der Waals surface area contributed by atoms with E-state index in [-0.39, 0.29) is 11.6 Å². The number of hydrogen-bond acceptors (Lipinski definition) is 15. The Morgan fingerprint density at radius 1 is 1.00 bits per heavy atom. The summed E-state index contributed by atoms with van der Waals surface area (Å²) >= 11 is 5.09. The summed E-state index contributed by atoms with van der Waals surface area (Å²) < 4.78 is 33.7. The molecule has 41 heavy (non-hydrogen) atoms. The first-order valence-electron chi connectivity index (χ1n) is 12.0. The number of amidine groups is 1. The predicted octanol–water partition coefficient (Wildman–Crippen LogP) is -0.0425. The van der Waals surface area contributed by atoms with Gasteiger partial charge in [-0.05, 0) is 9.85 Å². The molecule has 1 saturated heterocycles. The van der Waals surface area contributed by atoms with Gasteiger partial charge < -0.3 is 41.7 Å². The van der Waals surface area contributed by atoms with Crippen LogP contribution >= 0.6 is 0 Å². The van der Waals surface area contributed by atoms with Crippen molar-refractivity contribution in [2.24, 2.45) is 0 Å². The van der Waals surface area contributed by atoms with Crippen molar-refractivity contribution in [2.75, 3.05) is 12.0 Å². The third-order valence-corrected chi connectivity index (χ3v) is 5.65. The zero-order valence-electron chi connectivity index (χ0n) is 22.3. The van der Waals surface area contributed by atoms with Crippen LogP contribution in [0.2, 0.25) is 0 Å². The number of hydrogen-bond donors (Lipinski definition) is 2. The van der Waals surface area contributed by atoms with Gasteiger partial charge in [-0.2, -0.15) is 0 Å². The van der Waals surface area contributed by atoms with Crippen LogP contribution in [0.25, 0.3) is 5.69 Å². The lowest BCUT2D eigenvalue weighted by Crippen LogP contribution is -2.67. The second-order valence-corrected chi connectivity index (χ2v) is 8.92. The molecule has 0 spiro atoms. The Bertz CT molecular complexity index is 1300. The van der Waals surface area contributed by atoms with Crippen LogP contribution in [0.1, 0.15) is 38.2 Å². The molecule has 0 aliphatic carbocycles. The van der Waals surface area contributed by atoms with E-state index in [0.29, 0.717) is 12.0 Å². The van der Waals surface area contributed by atoms with Gasteiger partial charge in [-0.25, -0.2) is 0 Å². The molecule has 0 amide bonds. The molecular weight excluding hydrogens is 566 g/mol. The summed E-state index contributed by atoms with van der Waals surface area (Å²) in [5.41, 5.74) is 2.98. The average Bonchev–Trinajstić information content (AvgIpc) is 3.31. The fourth-order valence-electron chi connectivity index (χ4n) is 3.96. The van der Waals surface area contributed by atoms with Crippen LogP contribution in [0.15, 0.2) is 34.9 Å². The smallest absolute Gasteiger partial charge is 0.345 e. The molecule has 2 aromatic rings. The van der Waals surface area contributed by atoms with Gasteiger partial charge in [0.2, 0.25) is 17.2 Å². The number of nitrogens with one attached hydrogen (secondary N) is 2. The fourth-order valence-corrected chi connectivity index (χ4v) is 4.11. The number of aromatic nitrogens is 2. The van der Waals surface area contributed by atoms with Crippen molar-refractivity contribution in [2.45, 2.75) is 58.3 Å². The molecule has 5 atom stereocenters. The van der Waals surface area contributed by atoms with E-state index in [9.17, 15) is 24.0 Å². The first-order valence-corrected chi connectivity index (χ1v) is 12.4. The molecule has 2 heterocycles. The number of carbonyl (C=O) groups is 5. The van der Waals surface area contributed by atoms with Crippen molar-refractivity contribution in [3.8, 4) is 5.69 Å². The second-order valence-electron chi connectivity index (χ2n) is 8.53. The van der Waals surface area contributed by atoms with E-state index in [1.165, 1.54) is 4.68 Å². The van der Waals surface area contributed by atoms with Crippen LogP contribution in [0, 0.1) is 5.41 Å². The molecule has 1 aromatic carbocycles. The maximum atomic E-state index is 12.1. The number of rotatable bonds is 10. The van der Waals surface area contributed by atoms with Crippen molar-refractivity contribution < 1.29 is 56.9 Å². The van der Waals surface area contributed by atoms with E-state index in [1.54, 1.807) is 30.3 Å². The van der Waals surface area contributed by atoms with Crippen LogP contribution in [0.3, 0.4) is 0 Å². The second kappa shape index (κ2) is 13.6. The first kappa shape index (κ1) is 30.9. The number of hydrazine groups is 1. The molecule has 2 N–H and O–H groups in total. The molecule has 0 radical (unpaired) electrons. The summed E-state index contributed by atoms with van der Waals surface area (Å²) in [6, 6.07) is 8.49. The normalized spacial score (nSPS) is 21.6. The molecule has 1 aliphatic heterocycles. The van der Waals surface area contributed by atoms with Gasteiger partial charge in [-0.3, -0.25) is 38.9 Å². The summed E-state index contributed by atoms with van der Waals surface area (Å²) in [6.07, 6.45) is -6.98. The van der Waals surface area contributed by atoms with Gasteiger partial charge in [0.05, 0.1) is 0 Å². The molecule has 1 fully saturated rings. The van der Waals surface area contributed by atoms with Crippen molar-refractivity contribution in [3.63, 3.8) is 0 Å². The number of anilines is 1. The monoisotopic (exact) mass is 593 g/mol. The summed E-state index contributed by atoms with van der Waals surface area (Å²) in [5, 5.41) is 12.3. The zero-order chi connectivity index (χ0) is 30.3. The highest BCUT2D eigenvalue weighted by Gasteiger charge is 2.54. The van der Waals surface area contributed by atoms with Gasteiger partial charge >= 0.3 is 35.5 Å². The van der Waals surface area contributed by atoms with Crippen LogP contribution in [0.5, 0.6) is 0 Å². The van der Waals surface area contributed by atoms with Crippen molar-refractivity contribution in [1.82, 2.24) is 10.3 Å². The van der Waals surface area contributed by atoms with Gasteiger partial charge in [-0.15, -0.1) is 0 Å². The van der Waals surface area contributed by atoms with E-state index in [4.69, 9.17) is 46.2 Å². The van der Waals surface area contributed by atoms with Gasteiger partial charge in [0.15, 0.2) is 24.5 Å². The quantitative estimate of drug-likeness (QED) is 0.0543. The first-order chi connectivity index (χ1) is 19.4. The largest absolute Gasteiger partial charge is 0.741 e. The number of carbonyl (C=O) groups excluding carboxylic acids is 5. The number of nitrogens with zero attached hydrogens (tertiary/aromatic N) is 3. The molecule has 3 rings (SSSR count). The minimum atomic E-state index is -1.59. The molecule has 16 nitrogen and oxygen atoms in total. The van der Waals surface area contributed by atoms with E-state index in [0.717, 1.165) is 32.7 Å². The predicted molar refractivity (Wildman–Crippen MR) is 136 cm³/mol. The maximum Gasteiger partial charge on any atom is 0.345 e. The zero-order valence-corrected chi connectivity index (χ0v) is 23.1. The van der Waals surface area contributed by atoms with Crippen molar-refractivity contribution in [3.05, 3.63) is 36.0 Å². The minimum absolute atomic E-state index is 0.122. The summed E-state index contributed by atoms with van der Waals surface area (Å²) in [4.78, 5) is 59.8. The number of ether oxygens (including phenoxy) is 5. The molecule has 1 aromatic heterocycles. The molecule has 0 unspecified atom stereocenters. The van der Waals surface area contributed by atoms with Gasteiger partial charge in [-0.1, -0.05) is 18.2 Å². The Morgan fingerprint density at radius 3 is 2.12 bits per heavy atom. The summed E-state index contributed by atoms with van der Waals surface area (Å²) in [5.74, 6) is -3.49. The third-order valence-electron chi connectivity index (χ3n) is 5.45. The Balaban J connectivity index is 2.09. The highest BCUT2D eigenvalue weighted by molar-refractivity contribution is 7.77. The van der Waals surface area contributed by atoms with E-state index in [2.05, 4.69) is 10.7 Å². The topological polar surface area (TPSA) is 201 Å². The summed E-state index contributed by atoms with van der Waals surface area (Å²) in [6.45, 7) is 3.85. The van der Waals surface area contributed by atoms with Crippen LogP contribution in [0.4, 0.5) is 5.88 Å². The van der Waals surface area contributed by atoms with Crippen LogP contribution in [-0.2, 0) is 55.5 Å². The Morgan fingerprint density at radius 2 is 1.59 bits per heavy atom.